The van der Waals surface area contributed by atoms with Crippen LogP contribution in [0.5, 0.6) is 0 Å². The number of hydrogen-bond acceptors (Lipinski definition) is 0. The van der Waals surface area contributed by atoms with Crippen molar-refractivity contribution in [2.24, 2.45) is 0 Å². The van der Waals surface area contributed by atoms with E-state index in [0.29, 0.717) is 0 Å². The van der Waals surface area contributed by atoms with Crippen molar-refractivity contribution >= 4 is 7.28 Å². The molecule has 0 saturated carbocycles. The molecule has 11 heavy (non-hydrogen) atoms. The first-order valence-electron chi connectivity index (χ1n) is 5.16. The van der Waals surface area contributed by atoms with Gasteiger partial charge in [0.15, 0.2) is 7.28 Å². The molecular formula is C10H17B. The van der Waals surface area contributed by atoms with Crippen molar-refractivity contribution in [3.05, 3.63) is 11.0 Å². The highest BCUT2D eigenvalue weighted by atomic mass is 14.1. The van der Waals surface area contributed by atoms with Crippen molar-refractivity contribution in [2.45, 2.75) is 51.3 Å². The van der Waals surface area contributed by atoms with Gasteiger partial charge in [0, 0.05) is 0 Å². The van der Waals surface area contributed by atoms with Crippen LogP contribution in [-0.4, -0.2) is 7.28 Å². The topological polar surface area (TPSA) is 0 Å². The van der Waals surface area contributed by atoms with E-state index in [1.165, 1.54) is 58.5 Å². The molecule has 1 heterocycles. The Morgan fingerprint density at radius 1 is 0.818 bits per heavy atom. The first-order chi connectivity index (χ1) is 5.47. The summed E-state index contributed by atoms with van der Waals surface area (Å²) in [4.78, 5) is 0. The van der Waals surface area contributed by atoms with Crippen LogP contribution >= 0.6 is 0 Å². The Balaban J connectivity index is 2.10. The average molecular weight is 148 g/mol. The molecule has 1 heteroatoms. The maximum absolute atomic E-state index is 1.86. The first kappa shape index (κ1) is 7.45. The average Bonchev–Trinajstić information content (AvgIpc) is 2.28. The highest BCUT2D eigenvalue weighted by molar-refractivity contribution is 6.45. The van der Waals surface area contributed by atoms with Crippen LogP contribution in [0.2, 0.25) is 6.32 Å². The zero-order valence-corrected chi connectivity index (χ0v) is 7.36. The summed E-state index contributed by atoms with van der Waals surface area (Å²) < 4.78 is 0. The van der Waals surface area contributed by atoms with Crippen LogP contribution in [0.1, 0.15) is 44.9 Å². The van der Waals surface area contributed by atoms with E-state index in [1.54, 1.807) is 0 Å². The van der Waals surface area contributed by atoms with Crippen molar-refractivity contribution in [1.82, 2.24) is 0 Å². The summed E-state index contributed by atoms with van der Waals surface area (Å²) in [5, 5.41) is 0. The maximum atomic E-state index is 1.86. The molecule has 0 bridgehead atoms. The van der Waals surface area contributed by atoms with Gasteiger partial charge in [-0.3, -0.25) is 0 Å². The summed E-state index contributed by atoms with van der Waals surface area (Å²) in [7, 11) is 1.44. The van der Waals surface area contributed by atoms with E-state index in [0.717, 1.165) is 0 Å². The van der Waals surface area contributed by atoms with Crippen molar-refractivity contribution in [2.75, 3.05) is 0 Å². The minimum Gasteiger partial charge on any atom is -0.106 e. The molecule has 1 aliphatic heterocycles. The van der Waals surface area contributed by atoms with Gasteiger partial charge in [0.05, 0.1) is 0 Å². The van der Waals surface area contributed by atoms with E-state index in [1.807, 2.05) is 11.0 Å². The molecule has 2 rings (SSSR count). The Labute approximate surface area is 70.3 Å². The molecule has 60 valence electrons. The smallest absolute Gasteiger partial charge is 0.106 e. The Kier molecular flexibility index (Phi) is 2.35. The zero-order chi connectivity index (χ0) is 7.52. The minimum atomic E-state index is 1.44. The molecule has 0 unspecified atom stereocenters. The fraction of sp³-hybridized carbons (Fsp3) is 0.800. The Morgan fingerprint density at radius 2 is 1.55 bits per heavy atom. The molecule has 1 aliphatic carbocycles. The molecule has 0 radical (unpaired) electrons. The molecule has 0 saturated heterocycles. The lowest BCUT2D eigenvalue weighted by Gasteiger charge is -2.17. The van der Waals surface area contributed by atoms with Crippen molar-refractivity contribution in [3.63, 3.8) is 0 Å². The monoisotopic (exact) mass is 148 g/mol. The van der Waals surface area contributed by atoms with Gasteiger partial charge in [-0.2, -0.15) is 0 Å². The quantitative estimate of drug-likeness (QED) is 0.463. The molecule has 2 aliphatic rings. The molecule has 0 atom stereocenters. The molecule has 0 aromatic rings. The minimum absolute atomic E-state index is 1.44. The van der Waals surface area contributed by atoms with Gasteiger partial charge >= 0.3 is 0 Å². The number of hydrogen-bond donors (Lipinski definition) is 0. The summed E-state index contributed by atoms with van der Waals surface area (Å²) in [5.41, 5.74) is 3.71. The normalized spacial score (nSPS) is 25.5. The maximum Gasteiger partial charge on any atom is 0.152 e. The van der Waals surface area contributed by atoms with Gasteiger partial charge in [-0.05, 0) is 25.7 Å². The molecule has 0 nitrogen and oxygen atoms in total. The zero-order valence-electron chi connectivity index (χ0n) is 7.36. The van der Waals surface area contributed by atoms with Gasteiger partial charge in [-0.25, -0.2) is 0 Å². The SMILES string of the molecule is B1CCCCC2=C1CCCC2. The lowest BCUT2D eigenvalue weighted by Crippen LogP contribution is -2.03. The van der Waals surface area contributed by atoms with Crippen LogP contribution in [0.3, 0.4) is 0 Å². The van der Waals surface area contributed by atoms with Crippen molar-refractivity contribution in [3.8, 4) is 0 Å². The van der Waals surface area contributed by atoms with Gasteiger partial charge in [0.2, 0.25) is 0 Å². The highest BCUT2D eigenvalue weighted by Crippen LogP contribution is 2.30. The van der Waals surface area contributed by atoms with E-state index in [2.05, 4.69) is 0 Å². The van der Waals surface area contributed by atoms with E-state index in [9.17, 15) is 0 Å². The highest BCUT2D eigenvalue weighted by Gasteiger charge is 2.14. The molecular weight excluding hydrogens is 131 g/mol. The van der Waals surface area contributed by atoms with E-state index in [4.69, 9.17) is 0 Å². The van der Waals surface area contributed by atoms with Crippen LogP contribution in [0.4, 0.5) is 0 Å². The summed E-state index contributed by atoms with van der Waals surface area (Å²) in [5.74, 6) is 0. The summed E-state index contributed by atoms with van der Waals surface area (Å²) in [6.45, 7) is 0. The van der Waals surface area contributed by atoms with Crippen molar-refractivity contribution in [1.29, 1.82) is 0 Å². The number of allylic oxidation sites excluding steroid dienone is 2. The van der Waals surface area contributed by atoms with Crippen LogP contribution in [0, 0.1) is 0 Å². The van der Waals surface area contributed by atoms with Crippen LogP contribution < -0.4 is 0 Å². The summed E-state index contributed by atoms with van der Waals surface area (Å²) >= 11 is 0. The van der Waals surface area contributed by atoms with Gasteiger partial charge in [-0.15, -0.1) is 5.47 Å². The fourth-order valence-corrected chi connectivity index (χ4v) is 2.49. The first-order valence-corrected chi connectivity index (χ1v) is 5.16. The lowest BCUT2D eigenvalue weighted by atomic mass is 9.62. The predicted octanol–water partition coefficient (Wildman–Crippen LogP) is 2.85. The van der Waals surface area contributed by atoms with Gasteiger partial charge in [-0.1, -0.05) is 31.2 Å². The Hall–Kier alpha value is -0.195. The second kappa shape index (κ2) is 3.47. The third-order valence-electron chi connectivity index (χ3n) is 3.16. The number of rotatable bonds is 0. The third kappa shape index (κ3) is 1.69. The fourth-order valence-electron chi connectivity index (χ4n) is 2.49. The van der Waals surface area contributed by atoms with E-state index >= 15 is 0 Å². The van der Waals surface area contributed by atoms with Gasteiger partial charge < -0.3 is 0 Å². The van der Waals surface area contributed by atoms with Crippen LogP contribution in [0.25, 0.3) is 0 Å². The van der Waals surface area contributed by atoms with E-state index in [-0.39, 0.29) is 0 Å². The summed E-state index contributed by atoms with van der Waals surface area (Å²) in [6.07, 6.45) is 11.7. The molecule has 0 amide bonds. The van der Waals surface area contributed by atoms with Gasteiger partial charge in [0.25, 0.3) is 0 Å². The predicted molar refractivity (Wildman–Crippen MR) is 51.3 cm³/mol. The molecule has 0 N–H and O–H groups in total. The standard InChI is InChI=1S/C10H17B/c1-2-7-10-9(5-1)6-3-4-8-11-10/h11H,1-8H2. The van der Waals surface area contributed by atoms with Crippen molar-refractivity contribution < 1.29 is 0 Å². The van der Waals surface area contributed by atoms with Crippen LogP contribution in [0.15, 0.2) is 11.0 Å². The van der Waals surface area contributed by atoms with Gasteiger partial charge in [0.1, 0.15) is 0 Å². The second-order valence-corrected chi connectivity index (χ2v) is 3.97. The molecule has 0 fully saturated rings. The van der Waals surface area contributed by atoms with Crippen LogP contribution in [-0.2, 0) is 0 Å². The summed E-state index contributed by atoms with van der Waals surface area (Å²) in [6, 6.07) is 0. The second-order valence-electron chi connectivity index (χ2n) is 3.97. The van der Waals surface area contributed by atoms with E-state index < -0.39 is 0 Å². The Morgan fingerprint density at radius 3 is 2.45 bits per heavy atom. The lowest BCUT2D eigenvalue weighted by molar-refractivity contribution is 0.655. The molecule has 0 aromatic carbocycles. The Bertz CT molecular complexity index is 152. The molecule has 0 aromatic heterocycles. The third-order valence-corrected chi connectivity index (χ3v) is 3.16. The molecule has 0 spiro atoms. The largest absolute Gasteiger partial charge is 0.152 e.